The number of primary amides is 1. The van der Waals surface area contributed by atoms with Crippen molar-refractivity contribution in [2.45, 2.75) is 19.1 Å². The molecular weight excluding hydrogens is 204 g/mol. The van der Waals surface area contributed by atoms with Crippen LogP contribution in [0.1, 0.15) is 23.6 Å². The monoisotopic (exact) mass is 222 g/mol. The number of rotatable bonds is 6. The van der Waals surface area contributed by atoms with Gasteiger partial charge in [0.1, 0.15) is 0 Å². The molecule has 1 rings (SSSR count). The van der Waals surface area contributed by atoms with Gasteiger partial charge in [-0.15, -0.1) is 0 Å². The molecule has 0 saturated carbocycles. The van der Waals surface area contributed by atoms with Crippen LogP contribution in [0.4, 0.5) is 0 Å². The molecule has 16 heavy (non-hydrogen) atoms. The molecule has 1 aromatic rings. The van der Waals surface area contributed by atoms with E-state index in [4.69, 9.17) is 10.5 Å². The van der Waals surface area contributed by atoms with E-state index in [1.165, 1.54) is 0 Å². The summed E-state index contributed by atoms with van der Waals surface area (Å²) < 4.78 is 5.07. The lowest BCUT2D eigenvalue weighted by atomic mass is 10.0. The molecule has 0 spiro atoms. The second kappa shape index (κ2) is 6.25. The second-order valence-electron chi connectivity index (χ2n) is 3.69. The van der Waals surface area contributed by atoms with Gasteiger partial charge in [-0.05, 0) is 18.2 Å². The predicted molar refractivity (Wildman–Crippen MR) is 62.8 cm³/mol. The van der Waals surface area contributed by atoms with E-state index in [2.05, 4.69) is 5.32 Å². The van der Waals surface area contributed by atoms with Crippen molar-refractivity contribution in [3.63, 3.8) is 0 Å². The Morgan fingerprint density at radius 2 is 2.31 bits per heavy atom. The first kappa shape index (κ1) is 12.7. The highest BCUT2D eigenvalue weighted by Crippen LogP contribution is 2.17. The molecule has 1 aromatic carbocycles. The Bertz CT molecular complexity index is 353. The van der Waals surface area contributed by atoms with Gasteiger partial charge in [0.05, 0.1) is 6.61 Å². The molecule has 1 unspecified atom stereocenters. The van der Waals surface area contributed by atoms with Crippen LogP contribution in [0.2, 0.25) is 0 Å². The standard InChI is InChI=1S/C12H18N2O2/c1-14-11(7-12(13)15)10-5-3-4-9(6-10)8-16-2/h3-6,11,14H,7-8H2,1-2H3,(H2,13,15). The molecule has 0 fully saturated rings. The van der Waals surface area contributed by atoms with Gasteiger partial charge >= 0.3 is 0 Å². The third-order valence-electron chi connectivity index (χ3n) is 2.42. The van der Waals surface area contributed by atoms with Crippen LogP contribution >= 0.6 is 0 Å². The van der Waals surface area contributed by atoms with E-state index >= 15 is 0 Å². The summed E-state index contributed by atoms with van der Waals surface area (Å²) in [7, 11) is 3.47. The molecule has 1 atom stereocenters. The summed E-state index contributed by atoms with van der Waals surface area (Å²) in [6, 6.07) is 7.91. The van der Waals surface area contributed by atoms with Gasteiger partial charge in [-0.3, -0.25) is 4.79 Å². The molecule has 1 amide bonds. The normalized spacial score (nSPS) is 12.4. The first-order valence-corrected chi connectivity index (χ1v) is 5.20. The van der Waals surface area contributed by atoms with Gasteiger partial charge in [0.25, 0.3) is 0 Å². The number of hydrogen-bond acceptors (Lipinski definition) is 3. The van der Waals surface area contributed by atoms with Crippen LogP contribution < -0.4 is 11.1 Å². The molecular formula is C12H18N2O2. The smallest absolute Gasteiger partial charge is 0.219 e. The molecule has 0 heterocycles. The van der Waals surface area contributed by atoms with Crippen LogP contribution in [-0.2, 0) is 16.1 Å². The lowest BCUT2D eigenvalue weighted by Crippen LogP contribution is -2.23. The Labute approximate surface area is 95.8 Å². The fraction of sp³-hybridized carbons (Fsp3) is 0.417. The number of nitrogens with one attached hydrogen (secondary N) is 1. The topological polar surface area (TPSA) is 64.3 Å². The van der Waals surface area contributed by atoms with E-state index in [9.17, 15) is 4.79 Å². The summed E-state index contributed by atoms with van der Waals surface area (Å²) in [4.78, 5) is 10.9. The highest BCUT2D eigenvalue weighted by molar-refractivity contribution is 5.74. The average Bonchev–Trinajstić information content (AvgIpc) is 2.26. The van der Waals surface area contributed by atoms with Crippen molar-refractivity contribution in [2.75, 3.05) is 14.2 Å². The molecule has 4 heteroatoms. The summed E-state index contributed by atoms with van der Waals surface area (Å²) in [6.45, 7) is 0.570. The summed E-state index contributed by atoms with van der Waals surface area (Å²) in [5.41, 5.74) is 7.34. The Kier molecular flexibility index (Phi) is 4.95. The Morgan fingerprint density at radius 1 is 1.56 bits per heavy atom. The van der Waals surface area contributed by atoms with Crippen LogP contribution in [0.5, 0.6) is 0 Å². The van der Waals surface area contributed by atoms with Gasteiger partial charge in [-0.25, -0.2) is 0 Å². The van der Waals surface area contributed by atoms with Crippen molar-refractivity contribution < 1.29 is 9.53 Å². The second-order valence-corrected chi connectivity index (χ2v) is 3.69. The number of nitrogens with two attached hydrogens (primary N) is 1. The zero-order valence-corrected chi connectivity index (χ0v) is 9.69. The third-order valence-corrected chi connectivity index (χ3v) is 2.42. The highest BCUT2D eigenvalue weighted by Gasteiger charge is 2.12. The molecule has 0 saturated heterocycles. The van der Waals surface area contributed by atoms with Crippen molar-refractivity contribution in [3.8, 4) is 0 Å². The Hall–Kier alpha value is -1.39. The Balaban J connectivity index is 2.83. The molecule has 0 aliphatic heterocycles. The summed E-state index contributed by atoms with van der Waals surface area (Å²) >= 11 is 0. The first-order valence-electron chi connectivity index (χ1n) is 5.20. The minimum atomic E-state index is -0.309. The maximum absolute atomic E-state index is 10.9. The van der Waals surface area contributed by atoms with Crippen molar-refractivity contribution in [1.29, 1.82) is 0 Å². The van der Waals surface area contributed by atoms with Gasteiger partial charge in [0, 0.05) is 19.6 Å². The SMILES string of the molecule is CNC(CC(N)=O)c1cccc(COC)c1. The van der Waals surface area contributed by atoms with Crippen molar-refractivity contribution in [1.82, 2.24) is 5.32 Å². The summed E-state index contributed by atoms with van der Waals surface area (Å²) in [5.74, 6) is -0.309. The van der Waals surface area contributed by atoms with E-state index in [-0.39, 0.29) is 11.9 Å². The number of benzene rings is 1. The number of carbonyl (C=O) groups excluding carboxylic acids is 1. The lowest BCUT2D eigenvalue weighted by molar-refractivity contribution is -0.118. The van der Waals surface area contributed by atoms with E-state index < -0.39 is 0 Å². The van der Waals surface area contributed by atoms with E-state index in [0.717, 1.165) is 11.1 Å². The maximum Gasteiger partial charge on any atom is 0.219 e. The van der Waals surface area contributed by atoms with Gasteiger partial charge in [0.15, 0.2) is 0 Å². The van der Waals surface area contributed by atoms with E-state index in [0.29, 0.717) is 13.0 Å². The van der Waals surface area contributed by atoms with Crippen molar-refractivity contribution in [2.24, 2.45) is 5.73 Å². The lowest BCUT2D eigenvalue weighted by Gasteiger charge is -2.15. The molecule has 0 aliphatic carbocycles. The predicted octanol–water partition coefficient (Wildman–Crippen LogP) is 0.969. The minimum Gasteiger partial charge on any atom is -0.380 e. The van der Waals surface area contributed by atoms with Crippen LogP contribution in [0.3, 0.4) is 0 Å². The van der Waals surface area contributed by atoms with Crippen molar-refractivity contribution in [3.05, 3.63) is 35.4 Å². The maximum atomic E-state index is 10.9. The number of amides is 1. The number of methoxy groups -OCH3 is 1. The summed E-state index contributed by atoms with van der Waals surface area (Å²) in [6.07, 6.45) is 0.299. The highest BCUT2D eigenvalue weighted by atomic mass is 16.5. The molecule has 4 nitrogen and oxygen atoms in total. The largest absolute Gasteiger partial charge is 0.380 e. The Morgan fingerprint density at radius 3 is 2.88 bits per heavy atom. The molecule has 3 N–H and O–H groups in total. The zero-order valence-electron chi connectivity index (χ0n) is 9.69. The van der Waals surface area contributed by atoms with Crippen molar-refractivity contribution >= 4 is 5.91 Å². The van der Waals surface area contributed by atoms with Crippen LogP contribution in [0.25, 0.3) is 0 Å². The van der Waals surface area contributed by atoms with Gasteiger partial charge < -0.3 is 15.8 Å². The minimum absolute atomic E-state index is 0.0330. The third kappa shape index (κ3) is 3.64. The zero-order chi connectivity index (χ0) is 12.0. The van der Waals surface area contributed by atoms with Crippen LogP contribution in [0, 0.1) is 0 Å². The first-order chi connectivity index (χ1) is 7.67. The van der Waals surface area contributed by atoms with Crippen LogP contribution in [-0.4, -0.2) is 20.1 Å². The van der Waals surface area contributed by atoms with Gasteiger partial charge in [-0.1, -0.05) is 24.3 Å². The fourth-order valence-corrected chi connectivity index (χ4v) is 1.65. The molecule has 88 valence electrons. The average molecular weight is 222 g/mol. The number of carbonyl (C=O) groups is 1. The molecule has 0 radical (unpaired) electrons. The van der Waals surface area contributed by atoms with Gasteiger partial charge in [-0.2, -0.15) is 0 Å². The molecule has 0 bridgehead atoms. The van der Waals surface area contributed by atoms with E-state index in [1.807, 2.05) is 31.3 Å². The van der Waals surface area contributed by atoms with Gasteiger partial charge in [0.2, 0.25) is 5.91 Å². The quantitative estimate of drug-likeness (QED) is 0.753. The fourth-order valence-electron chi connectivity index (χ4n) is 1.65. The molecule has 0 aliphatic rings. The van der Waals surface area contributed by atoms with Crippen LogP contribution in [0.15, 0.2) is 24.3 Å². The van der Waals surface area contributed by atoms with E-state index in [1.54, 1.807) is 7.11 Å². The summed E-state index contributed by atoms with van der Waals surface area (Å²) in [5, 5.41) is 3.08. The number of hydrogen-bond donors (Lipinski definition) is 2. The number of ether oxygens (including phenoxy) is 1. The molecule has 0 aromatic heterocycles.